The molecule has 0 aliphatic rings. The van der Waals surface area contributed by atoms with Crippen LogP contribution in [-0.2, 0) is 9.53 Å². The molecule has 0 saturated heterocycles. The second-order valence-electron chi connectivity index (χ2n) is 2.57. The molecular formula is C10H16O2. The standard InChI is InChI=1S/C10H16O2/c1-4-6-7-9(3)8-10(11)12-5-2/h4,8H,1,5-7H2,2-3H3/b9-8+. The number of rotatable bonds is 5. The van der Waals surface area contributed by atoms with E-state index in [0.717, 1.165) is 18.4 Å². The Balaban J connectivity index is 3.80. The van der Waals surface area contributed by atoms with E-state index in [4.69, 9.17) is 4.74 Å². The molecule has 0 saturated carbocycles. The Morgan fingerprint density at radius 2 is 2.25 bits per heavy atom. The molecule has 68 valence electrons. The van der Waals surface area contributed by atoms with Gasteiger partial charge in [-0.2, -0.15) is 0 Å². The highest BCUT2D eigenvalue weighted by atomic mass is 16.5. The second-order valence-corrected chi connectivity index (χ2v) is 2.57. The summed E-state index contributed by atoms with van der Waals surface area (Å²) in [5, 5.41) is 0. The van der Waals surface area contributed by atoms with Gasteiger partial charge in [-0.05, 0) is 26.7 Å². The molecule has 0 aromatic carbocycles. The van der Waals surface area contributed by atoms with Crippen molar-refractivity contribution in [1.82, 2.24) is 0 Å². The van der Waals surface area contributed by atoms with E-state index in [1.807, 2.05) is 13.0 Å². The zero-order chi connectivity index (χ0) is 9.40. The largest absolute Gasteiger partial charge is 0.463 e. The SMILES string of the molecule is C=CCC/C(C)=C/C(=O)OCC. The molecule has 0 bridgehead atoms. The highest BCUT2D eigenvalue weighted by Crippen LogP contribution is 2.03. The normalized spacial score (nSPS) is 11.0. The van der Waals surface area contributed by atoms with Crippen LogP contribution in [0.15, 0.2) is 24.3 Å². The van der Waals surface area contributed by atoms with Crippen LogP contribution in [0.5, 0.6) is 0 Å². The molecule has 0 N–H and O–H groups in total. The van der Waals surface area contributed by atoms with Crippen molar-refractivity contribution in [3.63, 3.8) is 0 Å². The van der Waals surface area contributed by atoms with Crippen LogP contribution in [0.4, 0.5) is 0 Å². The van der Waals surface area contributed by atoms with Crippen LogP contribution in [0.2, 0.25) is 0 Å². The van der Waals surface area contributed by atoms with Crippen molar-refractivity contribution in [2.24, 2.45) is 0 Å². The quantitative estimate of drug-likeness (QED) is 0.358. The van der Waals surface area contributed by atoms with E-state index >= 15 is 0 Å². The first kappa shape index (κ1) is 11.0. The zero-order valence-corrected chi connectivity index (χ0v) is 7.80. The predicted molar refractivity (Wildman–Crippen MR) is 49.8 cm³/mol. The zero-order valence-electron chi connectivity index (χ0n) is 7.80. The fraction of sp³-hybridized carbons (Fsp3) is 0.500. The molecule has 0 fully saturated rings. The summed E-state index contributed by atoms with van der Waals surface area (Å²) in [7, 11) is 0. The molecule has 2 heteroatoms. The van der Waals surface area contributed by atoms with Crippen LogP contribution in [0.25, 0.3) is 0 Å². The molecule has 0 radical (unpaired) electrons. The first-order valence-electron chi connectivity index (χ1n) is 4.15. The molecule has 0 heterocycles. The Labute approximate surface area is 73.9 Å². The van der Waals surface area contributed by atoms with Gasteiger partial charge in [-0.1, -0.05) is 11.6 Å². The number of ether oxygens (including phenoxy) is 1. The predicted octanol–water partition coefficient (Wildman–Crippen LogP) is 2.46. The van der Waals surface area contributed by atoms with Gasteiger partial charge in [0.1, 0.15) is 0 Å². The van der Waals surface area contributed by atoms with Gasteiger partial charge in [-0.25, -0.2) is 4.79 Å². The van der Waals surface area contributed by atoms with Gasteiger partial charge in [0.25, 0.3) is 0 Å². The van der Waals surface area contributed by atoms with Crippen LogP contribution < -0.4 is 0 Å². The third kappa shape index (κ3) is 5.71. The Morgan fingerprint density at radius 3 is 2.75 bits per heavy atom. The third-order valence-electron chi connectivity index (χ3n) is 1.39. The number of esters is 1. The summed E-state index contributed by atoms with van der Waals surface area (Å²) in [4.78, 5) is 10.9. The lowest BCUT2D eigenvalue weighted by molar-refractivity contribution is -0.137. The minimum absolute atomic E-state index is 0.251. The lowest BCUT2D eigenvalue weighted by atomic mass is 10.1. The molecular weight excluding hydrogens is 152 g/mol. The maximum Gasteiger partial charge on any atom is 0.330 e. The first-order valence-corrected chi connectivity index (χ1v) is 4.15. The molecule has 0 aliphatic heterocycles. The Hall–Kier alpha value is -1.05. The molecule has 0 spiro atoms. The summed E-state index contributed by atoms with van der Waals surface area (Å²) in [6.07, 6.45) is 5.15. The van der Waals surface area contributed by atoms with Crippen molar-refractivity contribution in [2.75, 3.05) is 6.61 Å². The van der Waals surface area contributed by atoms with Gasteiger partial charge < -0.3 is 4.74 Å². The van der Waals surface area contributed by atoms with Gasteiger partial charge in [0.15, 0.2) is 0 Å². The Bertz CT molecular complexity index is 180. The van der Waals surface area contributed by atoms with Crippen LogP contribution in [0.1, 0.15) is 26.7 Å². The van der Waals surface area contributed by atoms with E-state index in [1.54, 1.807) is 6.92 Å². The molecule has 0 unspecified atom stereocenters. The van der Waals surface area contributed by atoms with E-state index in [2.05, 4.69) is 6.58 Å². The highest BCUT2D eigenvalue weighted by Gasteiger charge is 1.96. The smallest absolute Gasteiger partial charge is 0.330 e. The average Bonchev–Trinajstić information content (AvgIpc) is 2.01. The summed E-state index contributed by atoms with van der Waals surface area (Å²) in [6, 6.07) is 0. The van der Waals surface area contributed by atoms with Crippen molar-refractivity contribution < 1.29 is 9.53 Å². The lowest BCUT2D eigenvalue weighted by Crippen LogP contribution is -2.00. The summed E-state index contributed by atoms with van der Waals surface area (Å²) in [5.74, 6) is -0.251. The third-order valence-corrected chi connectivity index (χ3v) is 1.39. The molecule has 2 nitrogen and oxygen atoms in total. The van der Waals surface area contributed by atoms with Crippen molar-refractivity contribution in [1.29, 1.82) is 0 Å². The molecule has 0 atom stereocenters. The van der Waals surface area contributed by atoms with Crippen molar-refractivity contribution in [2.45, 2.75) is 26.7 Å². The minimum Gasteiger partial charge on any atom is -0.463 e. The molecule has 0 rings (SSSR count). The van der Waals surface area contributed by atoms with Crippen molar-refractivity contribution in [3.05, 3.63) is 24.3 Å². The van der Waals surface area contributed by atoms with Gasteiger partial charge in [0.05, 0.1) is 6.61 Å². The van der Waals surface area contributed by atoms with E-state index in [9.17, 15) is 4.79 Å². The van der Waals surface area contributed by atoms with Gasteiger partial charge in [-0.15, -0.1) is 6.58 Å². The number of carbonyl (C=O) groups excluding carboxylic acids is 1. The van der Waals surface area contributed by atoms with E-state index in [0.29, 0.717) is 6.61 Å². The second kappa shape index (κ2) is 6.65. The Morgan fingerprint density at radius 1 is 1.58 bits per heavy atom. The van der Waals surface area contributed by atoms with Gasteiger partial charge in [0, 0.05) is 6.08 Å². The highest BCUT2D eigenvalue weighted by molar-refractivity contribution is 5.82. The fourth-order valence-electron chi connectivity index (χ4n) is 0.787. The summed E-state index contributed by atoms with van der Waals surface area (Å²) in [6.45, 7) is 7.75. The first-order chi connectivity index (χ1) is 5.70. The average molecular weight is 168 g/mol. The molecule has 0 amide bonds. The number of hydrogen-bond acceptors (Lipinski definition) is 2. The van der Waals surface area contributed by atoms with Crippen LogP contribution in [0.3, 0.4) is 0 Å². The van der Waals surface area contributed by atoms with Gasteiger partial charge in [0.2, 0.25) is 0 Å². The number of hydrogen-bond donors (Lipinski definition) is 0. The fourth-order valence-corrected chi connectivity index (χ4v) is 0.787. The minimum atomic E-state index is -0.251. The van der Waals surface area contributed by atoms with Crippen molar-refractivity contribution >= 4 is 5.97 Å². The molecule has 0 aliphatic carbocycles. The summed E-state index contributed by atoms with van der Waals surface area (Å²) in [5.41, 5.74) is 1.04. The van der Waals surface area contributed by atoms with E-state index in [1.165, 1.54) is 6.08 Å². The van der Waals surface area contributed by atoms with E-state index < -0.39 is 0 Å². The van der Waals surface area contributed by atoms with Gasteiger partial charge >= 0.3 is 5.97 Å². The van der Waals surface area contributed by atoms with Crippen LogP contribution in [-0.4, -0.2) is 12.6 Å². The monoisotopic (exact) mass is 168 g/mol. The van der Waals surface area contributed by atoms with Crippen LogP contribution in [0, 0.1) is 0 Å². The maximum absolute atomic E-state index is 10.9. The van der Waals surface area contributed by atoms with Crippen molar-refractivity contribution in [3.8, 4) is 0 Å². The molecule has 12 heavy (non-hydrogen) atoms. The van der Waals surface area contributed by atoms with Gasteiger partial charge in [-0.3, -0.25) is 0 Å². The summed E-state index contributed by atoms with van der Waals surface area (Å²) < 4.78 is 4.75. The summed E-state index contributed by atoms with van der Waals surface area (Å²) >= 11 is 0. The topological polar surface area (TPSA) is 26.3 Å². The molecule has 0 aromatic rings. The Kier molecular flexibility index (Phi) is 6.07. The maximum atomic E-state index is 10.9. The molecule has 0 aromatic heterocycles. The van der Waals surface area contributed by atoms with E-state index in [-0.39, 0.29) is 5.97 Å². The number of allylic oxidation sites excluding steroid dienone is 2. The van der Waals surface area contributed by atoms with Crippen LogP contribution >= 0.6 is 0 Å². The lowest BCUT2D eigenvalue weighted by Gasteiger charge is -1.98. The number of carbonyl (C=O) groups is 1.